The first-order valence-electron chi connectivity index (χ1n) is 5.48. The van der Waals surface area contributed by atoms with Gasteiger partial charge >= 0.3 is 7.87 Å². The molecule has 0 aliphatic carbocycles. The largest absolute Gasteiger partial charge is 0.382 e. The summed E-state index contributed by atoms with van der Waals surface area (Å²) in [5.74, 6) is 0. The quantitative estimate of drug-likeness (QED) is 0.517. The number of nitrogens with zero attached hydrogens (tertiary/aromatic N) is 2. The Kier molecular flexibility index (Phi) is 7.27. The van der Waals surface area contributed by atoms with E-state index in [1.165, 1.54) is 0 Å². The second kappa shape index (κ2) is 6.97. The number of rotatable bonds is 7. The van der Waals surface area contributed by atoms with Crippen LogP contribution in [0.5, 0.6) is 0 Å². The molecule has 0 fully saturated rings. The molecular weight excluding hydrogens is 230 g/mol. The van der Waals surface area contributed by atoms with Crippen molar-refractivity contribution in [2.45, 2.75) is 27.7 Å². The van der Waals surface area contributed by atoms with E-state index in [2.05, 4.69) is 41.5 Å². The molecule has 0 saturated carbocycles. The lowest BCUT2D eigenvalue weighted by Crippen LogP contribution is -2.70. The van der Waals surface area contributed by atoms with Crippen molar-refractivity contribution in [1.82, 2.24) is 13.8 Å². The molecule has 0 aliphatic heterocycles. The van der Waals surface area contributed by atoms with Crippen molar-refractivity contribution in [3.63, 3.8) is 0 Å². The maximum Gasteiger partial charge on any atom is 0.382 e. The maximum atomic E-state index is 6.77. The Hall–Kier alpha value is 0.604. The Morgan fingerprint density at radius 1 is 1.00 bits per heavy atom. The number of hydrogen-bond acceptors (Lipinski definition) is 3. The molecule has 0 bridgehead atoms. The highest BCUT2D eigenvalue weighted by Crippen LogP contribution is 2.16. The summed E-state index contributed by atoms with van der Waals surface area (Å²) in [6.07, 6.45) is 0. The Morgan fingerprint density at radius 2 is 1.29 bits per heavy atom. The van der Waals surface area contributed by atoms with Crippen molar-refractivity contribution in [3.8, 4) is 0 Å². The third-order valence-corrected chi connectivity index (χ3v) is 11.3. The lowest BCUT2D eigenvalue weighted by Gasteiger charge is -2.42. The lowest BCUT2D eigenvalue weighted by atomic mass is 10.7. The molecule has 6 heteroatoms. The minimum atomic E-state index is -2.03. The van der Waals surface area contributed by atoms with E-state index in [1.807, 2.05) is 0 Å². The molecule has 3 nitrogen and oxygen atoms in total. The van der Waals surface area contributed by atoms with Crippen LogP contribution in [-0.4, -0.2) is 53.6 Å². The van der Waals surface area contributed by atoms with E-state index in [4.69, 9.17) is 11.1 Å². The summed E-state index contributed by atoms with van der Waals surface area (Å²) in [7, 11) is -1.07. The predicted octanol–water partition coefficient (Wildman–Crippen LogP) is 0.214. The van der Waals surface area contributed by atoms with Crippen molar-refractivity contribution in [1.29, 1.82) is 0 Å². The third kappa shape index (κ3) is 3.05. The standard InChI is InChI=1S/C8H24ClN3Si2/c1-5-11(6-2)14(9,10-13)12(7-3)8-4/h10H,5-8H2,1-4,13H3. The van der Waals surface area contributed by atoms with Gasteiger partial charge in [-0.25, -0.2) is 0 Å². The van der Waals surface area contributed by atoms with Crippen LogP contribution in [0.3, 0.4) is 0 Å². The number of nitrogens with one attached hydrogen (secondary N) is 1. The van der Waals surface area contributed by atoms with E-state index in [0.29, 0.717) is 0 Å². The van der Waals surface area contributed by atoms with Crippen LogP contribution in [0.1, 0.15) is 27.7 Å². The Balaban J connectivity index is 4.72. The summed E-state index contributed by atoms with van der Waals surface area (Å²) >= 11 is 6.77. The average Bonchev–Trinajstić information content (AvgIpc) is 2.21. The molecule has 0 unspecified atom stereocenters. The number of hydrogen-bond donors (Lipinski definition) is 1. The molecule has 0 aromatic carbocycles. The van der Waals surface area contributed by atoms with Gasteiger partial charge in [-0.05, 0) is 26.2 Å². The molecule has 0 saturated heterocycles. The fourth-order valence-corrected chi connectivity index (χ4v) is 7.84. The highest BCUT2D eigenvalue weighted by atomic mass is 35.6. The van der Waals surface area contributed by atoms with Crippen LogP contribution >= 0.6 is 11.1 Å². The van der Waals surface area contributed by atoms with E-state index in [0.717, 1.165) is 36.6 Å². The van der Waals surface area contributed by atoms with Gasteiger partial charge in [0.2, 0.25) is 0 Å². The van der Waals surface area contributed by atoms with Gasteiger partial charge in [0.1, 0.15) is 0 Å². The van der Waals surface area contributed by atoms with Crippen LogP contribution < -0.4 is 4.65 Å². The Labute approximate surface area is 97.2 Å². The van der Waals surface area contributed by atoms with Crippen LogP contribution in [0.25, 0.3) is 0 Å². The van der Waals surface area contributed by atoms with Gasteiger partial charge in [-0.15, -0.1) is 11.1 Å². The molecule has 0 aromatic rings. The van der Waals surface area contributed by atoms with Gasteiger partial charge in [0, 0.05) is 0 Å². The average molecular weight is 254 g/mol. The minimum absolute atomic E-state index is 0.957. The molecule has 14 heavy (non-hydrogen) atoms. The predicted molar refractivity (Wildman–Crippen MR) is 70.5 cm³/mol. The molecule has 0 radical (unpaired) electrons. The van der Waals surface area contributed by atoms with Gasteiger partial charge < -0.3 is 4.65 Å². The highest BCUT2D eigenvalue weighted by molar-refractivity contribution is 7.17. The first-order valence-corrected chi connectivity index (χ1v) is 9.39. The van der Waals surface area contributed by atoms with E-state index in [1.54, 1.807) is 0 Å². The molecule has 0 atom stereocenters. The minimum Gasteiger partial charge on any atom is -0.330 e. The van der Waals surface area contributed by atoms with Crippen molar-refractivity contribution < 1.29 is 0 Å². The second-order valence-corrected chi connectivity index (χ2v) is 9.20. The molecule has 0 aromatic heterocycles. The molecule has 0 amide bonds. The second-order valence-electron chi connectivity index (χ2n) is 3.18. The van der Waals surface area contributed by atoms with Gasteiger partial charge in [-0.1, -0.05) is 27.7 Å². The normalized spacial score (nSPS) is 13.1. The molecule has 0 rings (SSSR count). The van der Waals surface area contributed by atoms with Crippen LogP contribution in [0.2, 0.25) is 0 Å². The van der Waals surface area contributed by atoms with Gasteiger partial charge in [-0.2, -0.15) is 0 Å². The van der Waals surface area contributed by atoms with E-state index in [-0.39, 0.29) is 0 Å². The first-order chi connectivity index (χ1) is 6.60. The van der Waals surface area contributed by atoms with Crippen LogP contribution in [0, 0.1) is 0 Å². The topological polar surface area (TPSA) is 18.5 Å². The maximum absolute atomic E-state index is 6.77. The molecule has 0 heterocycles. The van der Waals surface area contributed by atoms with Gasteiger partial charge in [0.15, 0.2) is 0 Å². The summed E-state index contributed by atoms with van der Waals surface area (Å²) < 4.78 is 8.24. The summed E-state index contributed by atoms with van der Waals surface area (Å²) in [5.41, 5.74) is 0. The summed E-state index contributed by atoms with van der Waals surface area (Å²) in [6, 6.07) is 0. The molecule has 0 aliphatic rings. The monoisotopic (exact) mass is 253 g/mol. The summed E-state index contributed by atoms with van der Waals surface area (Å²) in [4.78, 5) is 0. The zero-order valence-corrected chi connectivity index (χ0v) is 13.9. The van der Waals surface area contributed by atoms with Crippen molar-refractivity contribution in [2.24, 2.45) is 0 Å². The van der Waals surface area contributed by atoms with Gasteiger partial charge in [-0.3, -0.25) is 9.13 Å². The lowest BCUT2D eigenvalue weighted by molar-refractivity contribution is 0.364. The third-order valence-electron chi connectivity index (χ3n) is 2.68. The molecular formula is C8H24ClN3Si2. The van der Waals surface area contributed by atoms with Crippen molar-refractivity contribution >= 4 is 29.4 Å². The Bertz CT molecular complexity index is 140. The Morgan fingerprint density at radius 3 is 1.43 bits per heavy atom. The van der Waals surface area contributed by atoms with E-state index < -0.39 is 7.87 Å². The fourth-order valence-electron chi connectivity index (χ4n) is 1.80. The van der Waals surface area contributed by atoms with E-state index >= 15 is 0 Å². The summed E-state index contributed by atoms with van der Waals surface area (Å²) in [5, 5.41) is 0. The van der Waals surface area contributed by atoms with Crippen LogP contribution in [-0.2, 0) is 0 Å². The van der Waals surface area contributed by atoms with E-state index in [9.17, 15) is 0 Å². The SMILES string of the molecule is CCN(CC)[Si](Cl)(N[SiH3])N(CC)CC. The molecule has 1 N–H and O–H groups in total. The zero-order chi connectivity index (χ0) is 11.2. The number of halogens is 1. The smallest absolute Gasteiger partial charge is 0.330 e. The molecule has 86 valence electrons. The van der Waals surface area contributed by atoms with Gasteiger partial charge in [0.05, 0.1) is 10.4 Å². The zero-order valence-electron chi connectivity index (χ0n) is 10.1. The van der Waals surface area contributed by atoms with Gasteiger partial charge in [0.25, 0.3) is 0 Å². The highest BCUT2D eigenvalue weighted by Gasteiger charge is 2.41. The summed E-state index contributed by atoms with van der Waals surface area (Å²) in [6.45, 7) is 12.8. The first kappa shape index (κ1) is 14.6. The van der Waals surface area contributed by atoms with Crippen LogP contribution in [0.4, 0.5) is 0 Å². The van der Waals surface area contributed by atoms with Crippen molar-refractivity contribution in [3.05, 3.63) is 0 Å². The van der Waals surface area contributed by atoms with Crippen molar-refractivity contribution in [2.75, 3.05) is 26.2 Å². The fraction of sp³-hybridized carbons (Fsp3) is 1.00. The van der Waals surface area contributed by atoms with Crippen LogP contribution in [0.15, 0.2) is 0 Å². The molecule has 0 spiro atoms.